The predicted molar refractivity (Wildman–Crippen MR) is 73.4 cm³/mol. The van der Waals surface area contributed by atoms with Gasteiger partial charge in [0.2, 0.25) is 0 Å². The highest BCUT2D eigenvalue weighted by Crippen LogP contribution is 2.24. The van der Waals surface area contributed by atoms with E-state index in [1.807, 2.05) is 0 Å². The second-order valence-electron chi connectivity index (χ2n) is 6.58. The number of nitrogens with zero attached hydrogens (tertiary/aromatic N) is 1. The maximum Gasteiger partial charge on any atom is 0.0771 e. The van der Waals surface area contributed by atoms with Gasteiger partial charge >= 0.3 is 0 Å². The van der Waals surface area contributed by atoms with E-state index in [0.717, 1.165) is 11.8 Å². The van der Waals surface area contributed by atoms with Crippen molar-refractivity contribution in [3.05, 3.63) is 0 Å². The number of hydrogen-bond acceptors (Lipinski definition) is 1. The Morgan fingerprint density at radius 3 is 2.06 bits per heavy atom. The van der Waals surface area contributed by atoms with Crippen LogP contribution in [0, 0.1) is 11.8 Å². The Morgan fingerprint density at radius 1 is 0.941 bits per heavy atom. The third-order valence-corrected chi connectivity index (χ3v) is 5.02. The molecule has 0 atom stereocenters. The first kappa shape index (κ1) is 13.4. The fourth-order valence-electron chi connectivity index (χ4n) is 3.50. The Morgan fingerprint density at radius 2 is 1.47 bits per heavy atom. The monoisotopic (exact) mass is 239 g/mol. The molecule has 2 aliphatic heterocycles. The van der Waals surface area contributed by atoms with Crippen LogP contribution in [0.2, 0.25) is 0 Å². The lowest BCUT2D eigenvalue weighted by Gasteiger charge is -2.30. The second-order valence-corrected chi connectivity index (χ2v) is 6.58. The molecule has 2 saturated heterocycles. The van der Waals surface area contributed by atoms with Crippen molar-refractivity contribution in [2.45, 2.75) is 44.9 Å². The normalized spacial score (nSPS) is 32.8. The molecule has 0 radical (unpaired) electrons. The van der Waals surface area contributed by atoms with Gasteiger partial charge in [-0.25, -0.2) is 0 Å². The zero-order valence-corrected chi connectivity index (χ0v) is 11.9. The standard InChI is InChI=1S/C15H30N2/c1-16-10-6-14(7-11-16)4-3-5-15-8-12-17(2)13-9-15/h14-15H,3-13H2,1-2H3/p+1. The Kier molecular flexibility index (Phi) is 5.30. The molecule has 0 amide bonds. The van der Waals surface area contributed by atoms with Crippen LogP contribution in [-0.2, 0) is 0 Å². The van der Waals surface area contributed by atoms with Gasteiger partial charge in [-0.3, -0.25) is 0 Å². The van der Waals surface area contributed by atoms with Crippen LogP contribution in [0.3, 0.4) is 0 Å². The van der Waals surface area contributed by atoms with Gasteiger partial charge < -0.3 is 9.80 Å². The fraction of sp³-hybridized carbons (Fsp3) is 1.00. The van der Waals surface area contributed by atoms with Crippen LogP contribution in [0.15, 0.2) is 0 Å². The fourth-order valence-corrected chi connectivity index (χ4v) is 3.50. The van der Waals surface area contributed by atoms with E-state index in [0.29, 0.717) is 0 Å². The van der Waals surface area contributed by atoms with Crippen molar-refractivity contribution >= 4 is 0 Å². The molecular formula is C15H31N2+. The van der Waals surface area contributed by atoms with E-state index < -0.39 is 0 Å². The van der Waals surface area contributed by atoms with Crippen LogP contribution in [0.4, 0.5) is 0 Å². The number of piperidine rings is 2. The molecule has 0 bridgehead atoms. The molecule has 2 aliphatic rings. The highest BCUT2D eigenvalue weighted by Gasteiger charge is 2.20. The number of quaternary nitrogens is 1. The van der Waals surface area contributed by atoms with Gasteiger partial charge in [0.05, 0.1) is 20.1 Å². The average Bonchev–Trinajstić information content (AvgIpc) is 2.34. The molecule has 0 aliphatic carbocycles. The van der Waals surface area contributed by atoms with E-state index in [1.54, 1.807) is 4.90 Å². The van der Waals surface area contributed by atoms with Crippen LogP contribution in [0.25, 0.3) is 0 Å². The van der Waals surface area contributed by atoms with E-state index in [-0.39, 0.29) is 0 Å². The maximum atomic E-state index is 2.48. The molecule has 0 spiro atoms. The van der Waals surface area contributed by atoms with Gasteiger partial charge in [-0.15, -0.1) is 0 Å². The van der Waals surface area contributed by atoms with Crippen molar-refractivity contribution in [2.75, 3.05) is 40.3 Å². The third kappa shape index (κ3) is 4.59. The SMILES string of the molecule is CN1CCC(CCCC2CC[NH+](C)CC2)CC1. The van der Waals surface area contributed by atoms with Crippen LogP contribution in [-0.4, -0.2) is 45.2 Å². The zero-order valence-electron chi connectivity index (χ0n) is 11.9. The third-order valence-electron chi connectivity index (χ3n) is 5.02. The lowest BCUT2D eigenvalue weighted by molar-refractivity contribution is -0.886. The topological polar surface area (TPSA) is 7.68 Å². The first-order valence-electron chi connectivity index (χ1n) is 7.74. The van der Waals surface area contributed by atoms with Crippen LogP contribution >= 0.6 is 0 Å². The van der Waals surface area contributed by atoms with E-state index in [1.165, 1.54) is 71.1 Å². The summed E-state index contributed by atoms with van der Waals surface area (Å²) in [5.41, 5.74) is 0. The van der Waals surface area contributed by atoms with Crippen molar-refractivity contribution in [2.24, 2.45) is 11.8 Å². The van der Waals surface area contributed by atoms with Crippen molar-refractivity contribution in [3.8, 4) is 0 Å². The summed E-state index contributed by atoms with van der Waals surface area (Å²) in [4.78, 5) is 4.23. The molecule has 2 heterocycles. The minimum absolute atomic E-state index is 1.04. The van der Waals surface area contributed by atoms with Crippen LogP contribution < -0.4 is 4.90 Å². The van der Waals surface area contributed by atoms with Gasteiger partial charge in [-0.05, 0) is 57.7 Å². The molecule has 0 saturated carbocycles. The summed E-state index contributed by atoms with van der Waals surface area (Å²) >= 11 is 0. The summed E-state index contributed by atoms with van der Waals surface area (Å²) in [6, 6.07) is 0. The van der Waals surface area contributed by atoms with Crippen molar-refractivity contribution in [1.29, 1.82) is 0 Å². The highest BCUT2D eigenvalue weighted by atomic mass is 15.1. The van der Waals surface area contributed by atoms with E-state index in [9.17, 15) is 0 Å². The maximum absolute atomic E-state index is 2.48. The molecule has 100 valence electrons. The summed E-state index contributed by atoms with van der Waals surface area (Å²) in [7, 11) is 4.60. The van der Waals surface area contributed by atoms with E-state index in [4.69, 9.17) is 0 Å². The lowest BCUT2D eigenvalue weighted by Crippen LogP contribution is -3.10. The first-order chi connectivity index (χ1) is 8.24. The van der Waals surface area contributed by atoms with Crippen molar-refractivity contribution < 1.29 is 4.90 Å². The molecular weight excluding hydrogens is 208 g/mol. The number of likely N-dealkylation sites (tertiary alicyclic amines) is 2. The first-order valence-corrected chi connectivity index (χ1v) is 7.74. The molecule has 0 aromatic carbocycles. The Labute approximate surface area is 107 Å². The molecule has 2 heteroatoms. The molecule has 2 fully saturated rings. The highest BCUT2D eigenvalue weighted by molar-refractivity contribution is 4.71. The average molecular weight is 239 g/mol. The van der Waals surface area contributed by atoms with Gasteiger partial charge in [-0.1, -0.05) is 19.3 Å². The Bertz CT molecular complexity index is 179. The van der Waals surface area contributed by atoms with E-state index >= 15 is 0 Å². The summed E-state index contributed by atoms with van der Waals surface area (Å²) in [6.07, 6.45) is 10.4. The van der Waals surface area contributed by atoms with Gasteiger partial charge in [-0.2, -0.15) is 0 Å². The van der Waals surface area contributed by atoms with Gasteiger partial charge in [0.25, 0.3) is 0 Å². The summed E-state index contributed by atoms with van der Waals surface area (Å²) < 4.78 is 0. The molecule has 1 N–H and O–H groups in total. The predicted octanol–water partition coefficient (Wildman–Crippen LogP) is 1.42. The Hall–Kier alpha value is -0.0800. The second kappa shape index (κ2) is 6.75. The van der Waals surface area contributed by atoms with Crippen LogP contribution in [0.5, 0.6) is 0 Å². The quantitative estimate of drug-likeness (QED) is 0.780. The summed E-state index contributed by atoms with van der Waals surface area (Å²) in [6.45, 7) is 5.50. The van der Waals surface area contributed by atoms with Crippen molar-refractivity contribution in [1.82, 2.24) is 4.90 Å². The molecule has 2 nitrogen and oxygen atoms in total. The van der Waals surface area contributed by atoms with Gasteiger partial charge in [0.15, 0.2) is 0 Å². The number of nitrogens with one attached hydrogen (secondary N) is 1. The molecule has 0 unspecified atom stereocenters. The smallest absolute Gasteiger partial charge is 0.0771 e. The minimum atomic E-state index is 1.04. The molecule has 0 aromatic rings. The number of hydrogen-bond donors (Lipinski definition) is 1. The van der Waals surface area contributed by atoms with Gasteiger partial charge in [0, 0.05) is 0 Å². The molecule has 17 heavy (non-hydrogen) atoms. The Balaban J connectivity index is 1.54. The molecule has 0 aromatic heterocycles. The number of rotatable bonds is 4. The molecule has 2 rings (SSSR count). The largest absolute Gasteiger partial charge is 0.337 e. The minimum Gasteiger partial charge on any atom is -0.337 e. The van der Waals surface area contributed by atoms with Gasteiger partial charge in [0.1, 0.15) is 0 Å². The lowest BCUT2D eigenvalue weighted by atomic mass is 9.87. The summed E-state index contributed by atoms with van der Waals surface area (Å²) in [5, 5.41) is 0. The van der Waals surface area contributed by atoms with Crippen LogP contribution in [0.1, 0.15) is 44.9 Å². The van der Waals surface area contributed by atoms with Crippen molar-refractivity contribution in [3.63, 3.8) is 0 Å². The van der Waals surface area contributed by atoms with E-state index in [2.05, 4.69) is 19.0 Å². The summed E-state index contributed by atoms with van der Waals surface area (Å²) in [5.74, 6) is 2.10. The zero-order chi connectivity index (χ0) is 12.1.